The van der Waals surface area contributed by atoms with Crippen LogP contribution in [0, 0.1) is 25.2 Å². The summed E-state index contributed by atoms with van der Waals surface area (Å²) in [6.45, 7) is 2.77. The molecule has 2 aromatic rings. The van der Waals surface area contributed by atoms with Gasteiger partial charge in [-0.05, 0) is 37.1 Å². The summed E-state index contributed by atoms with van der Waals surface area (Å²) in [5.41, 5.74) is 2.17. The number of halogens is 3. The second kappa shape index (κ2) is 9.28. The van der Waals surface area contributed by atoms with Crippen molar-refractivity contribution >= 4 is 39.1 Å². The first-order valence-corrected chi connectivity index (χ1v) is 11.0. The predicted octanol–water partition coefficient (Wildman–Crippen LogP) is 3.59. The highest BCUT2D eigenvalue weighted by Crippen LogP contribution is 2.31. The monoisotopic (exact) mass is 512 g/mol. The van der Waals surface area contributed by atoms with Crippen LogP contribution in [0.5, 0.6) is 5.75 Å². The smallest absolute Gasteiger partial charge is 0.271 e. The standard InChI is InChI=1S/C20H19BrF2N4O3S/c1-11-3-14(4-12(2)18(11)21)30-8-16-26-15(9-31-16)19(29)25-7-17(28)27-10-20(22,23)5-13(27)6-24/h3-4,9,13H,5,7-8,10H2,1-2H3,(H,25,29)/t13-/m0/s1. The van der Waals surface area contributed by atoms with Crippen LogP contribution >= 0.6 is 27.3 Å². The molecule has 1 fully saturated rings. The summed E-state index contributed by atoms with van der Waals surface area (Å²) in [7, 11) is 0. The molecule has 0 spiro atoms. The van der Waals surface area contributed by atoms with Crippen LogP contribution in [-0.4, -0.2) is 46.8 Å². The van der Waals surface area contributed by atoms with Gasteiger partial charge in [0.05, 0.1) is 19.2 Å². The summed E-state index contributed by atoms with van der Waals surface area (Å²) < 4.78 is 33.7. The lowest BCUT2D eigenvalue weighted by molar-refractivity contribution is -0.131. The van der Waals surface area contributed by atoms with Crippen LogP contribution in [0.3, 0.4) is 0 Å². The molecule has 164 valence electrons. The van der Waals surface area contributed by atoms with Crippen molar-refractivity contribution < 1.29 is 23.1 Å². The number of likely N-dealkylation sites (tertiary alicyclic amines) is 1. The fourth-order valence-electron chi connectivity index (χ4n) is 3.16. The number of aryl methyl sites for hydroxylation is 2. The highest BCUT2D eigenvalue weighted by molar-refractivity contribution is 9.10. The zero-order chi connectivity index (χ0) is 22.8. The van der Waals surface area contributed by atoms with Crippen molar-refractivity contribution in [2.45, 2.75) is 38.8 Å². The summed E-state index contributed by atoms with van der Waals surface area (Å²) in [5.74, 6) is -3.77. The molecular weight excluding hydrogens is 494 g/mol. The third kappa shape index (κ3) is 5.57. The molecule has 2 heterocycles. The molecule has 3 rings (SSSR count). The van der Waals surface area contributed by atoms with Gasteiger partial charge in [-0.15, -0.1) is 11.3 Å². The topological polar surface area (TPSA) is 95.3 Å². The van der Waals surface area contributed by atoms with Gasteiger partial charge < -0.3 is 15.0 Å². The first kappa shape index (κ1) is 23.1. The van der Waals surface area contributed by atoms with Gasteiger partial charge in [0.15, 0.2) is 0 Å². The minimum Gasteiger partial charge on any atom is -0.486 e. The Morgan fingerprint density at radius 1 is 1.42 bits per heavy atom. The third-order valence-electron chi connectivity index (χ3n) is 4.70. The van der Waals surface area contributed by atoms with Crippen LogP contribution in [0.2, 0.25) is 0 Å². The minimum atomic E-state index is -3.10. The number of nitrogens with one attached hydrogen (secondary N) is 1. The molecular formula is C20H19BrF2N4O3S. The van der Waals surface area contributed by atoms with E-state index in [1.807, 2.05) is 26.0 Å². The Morgan fingerprint density at radius 3 is 2.74 bits per heavy atom. The molecule has 11 heteroatoms. The summed E-state index contributed by atoms with van der Waals surface area (Å²) in [5, 5.41) is 13.4. The van der Waals surface area contributed by atoms with Crippen molar-refractivity contribution in [3.63, 3.8) is 0 Å². The maximum atomic E-state index is 13.5. The van der Waals surface area contributed by atoms with Crippen molar-refractivity contribution in [1.29, 1.82) is 5.26 Å². The number of amides is 2. The van der Waals surface area contributed by atoms with E-state index in [2.05, 4.69) is 26.2 Å². The average Bonchev–Trinajstić information content (AvgIpc) is 3.32. The van der Waals surface area contributed by atoms with Gasteiger partial charge in [0.2, 0.25) is 5.91 Å². The van der Waals surface area contributed by atoms with Crippen LogP contribution in [-0.2, 0) is 11.4 Å². The number of rotatable bonds is 6. The zero-order valence-electron chi connectivity index (χ0n) is 16.7. The first-order valence-electron chi connectivity index (χ1n) is 9.28. The Labute approximate surface area is 190 Å². The van der Waals surface area contributed by atoms with E-state index in [1.54, 1.807) is 6.07 Å². The summed E-state index contributed by atoms with van der Waals surface area (Å²) in [6.07, 6.45) is -0.698. The van der Waals surface area contributed by atoms with Gasteiger partial charge in [-0.25, -0.2) is 13.8 Å². The van der Waals surface area contributed by atoms with E-state index in [0.717, 1.165) is 20.5 Å². The largest absolute Gasteiger partial charge is 0.486 e. The first-order chi connectivity index (χ1) is 14.6. The highest BCUT2D eigenvalue weighted by Gasteiger charge is 2.47. The number of carbonyl (C=O) groups is 2. The van der Waals surface area contributed by atoms with Crippen molar-refractivity contribution in [2.24, 2.45) is 0 Å². The molecule has 0 radical (unpaired) electrons. The van der Waals surface area contributed by atoms with Gasteiger partial charge in [-0.3, -0.25) is 9.59 Å². The quantitative estimate of drug-likeness (QED) is 0.637. The van der Waals surface area contributed by atoms with E-state index >= 15 is 0 Å². The molecule has 1 atom stereocenters. The maximum Gasteiger partial charge on any atom is 0.271 e. The molecule has 1 aliphatic heterocycles. The number of aromatic nitrogens is 1. The van der Waals surface area contributed by atoms with Gasteiger partial charge in [0.25, 0.3) is 11.8 Å². The number of carbonyl (C=O) groups excluding carboxylic acids is 2. The van der Waals surface area contributed by atoms with E-state index in [1.165, 1.54) is 16.7 Å². The van der Waals surface area contributed by atoms with Crippen molar-refractivity contribution in [3.8, 4) is 11.8 Å². The zero-order valence-corrected chi connectivity index (χ0v) is 19.1. The minimum absolute atomic E-state index is 0.100. The van der Waals surface area contributed by atoms with Crippen LogP contribution in [0.4, 0.5) is 8.78 Å². The maximum absolute atomic E-state index is 13.5. The van der Waals surface area contributed by atoms with Crippen molar-refractivity contribution in [2.75, 3.05) is 13.1 Å². The second-order valence-electron chi connectivity index (χ2n) is 7.20. The molecule has 1 aromatic carbocycles. The average molecular weight is 513 g/mol. The number of ether oxygens (including phenoxy) is 1. The van der Waals surface area contributed by atoms with Crippen LogP contribution < -0.4 is 10.1 Å². The Bertz CT molecular complexity index is 1030. The Kier molecular flexibility index (Phi) is 6.91. The van der Waals surface area contributed by atoms with Gasteiger partial charge >= 0.3 is 0 Å². The number of hydrogen-bond acceptors (Lipinski definition) is 6. The fraction of sp³-hybridized carbons (Fsp3) is 0.400. The molecule has 1 N–H and O–H groups in total. The number of benzene rings is 1. The second-order valence-corrected chi connectivity index (χ2v) is 8.93. The molecule has 0 aliphatic carbocycles. The van der Waals surface area contributed by atoms with Gasteiger partial charge in [-0.1, -0.05) is 15.9 Å². The van der Waals surface area contributed by atoms with Crippen LogP contribution in [0.15, 0.2) is 22.0 Å². The van der Waals surface area contributed by atoms with E-state index in [-0.39, 0.29) is 12.3 Å². The van der Waals surface area contributed by atoms with E-state index in [0.29, 0.717) is 10.8 Å². The Morgan fingerprint density at radius 2 is 2.10 bits per heavy atom. The third-order valence-corrected chi connectivity index (χ3v) is 6.77. The van der Waals surface area contributed by atoms with Crippen LogP contribution in [0.25, 0.3) is 0 Å². The van der Waals surface area contributed by atoms with E-state index in [4.69, 9.17) is 10.00 Å². The normalized spacial score (nSPS) is 17.3. The molecule has 1 saturated heterocycles. The van der Waals surface area contributed by atoms with E-state index in [9.17, 15) is 18.4 Å². The van der Waals surface area contributed by atoms with Gasteiger partial charge in [-0.2, -0.15) is 5.26 Å². The number of thiazole rings is 1. The Balaban J connectivity index is 1.53. The molecule has 0 saturated carbocycles. The van der Waals surface area contributed by atoms with Crippen molar-refractivity contribution in [3.05, 3.63) is 43.8 Å². The van der Waals surface area contributed by atoms with Gasteiger partial charge in [0.1, 0.15) is 29.1 Å². The lowest BCUT2D eigenvalue weighted by Gasteiger charge is -2.19. The Hall–Kier alpha value is -2.58. The molecule has 2 amide bonds. The molecule has 1 aromatic heterocycles. The summed E-state index contributed by atoms with van der Waals surface area (Å²) >= 11 is 4.73. The number of nitrogens with zero attached hydrogens (tertiary/aromatic N) is 3. The molecule has 7 nitrogen and oxygen atoms in total. The summed E-state index contributed by atoms with van der Waals surface area (Å²) in [4.78, 5) is 29.4. The molecule has 0 unspecified atom stereocenters. The van der Waals surface area contributed by atoms with Gasteiger partial charge in [0, 0.05) is 16.3 Å². The number of alkyl halides is 2. The molecule has 1 aliphatic rings. The molecule has 31 heavy (non-hydrogen) atoms. The van der Waals surface area contributed by atoms with Crippen molar-refractivity contribution in [1.82, 2.24) is 15.2 Å². The molecule has 0 bridgehead atoms. The van der Waals surface area contributed by atoms with Crippen LogP contribution in [0.1, 0.15) is 33.0 Å². The SMILES string of the molecule is Cc1cc(OCc2nc(C(=O)NCC(=O)N3CC(F)(F)C[C@H]3C#N)cs2)cc(C)c1Br. The lowest BCUT2D eigenvalue weighted by Crippen LogP contribution is -2.43. The lowest BCUT2D eigenvalue weighted by atomic mass is 10.1. The number of nitriles is 1. The highest BCUT2D eigenvalue weighted by atomic mass is 79.9. The fourth-order valence-corrected chi connectivity index (χ4v) is 4.07. The number of hydrogen-bond donors (Lipinski definition) is 1. The predicted molar refractivity (Wildman–Crippen MR) is 113 cm³/mol. The summed E-state index contributed by atoms with van der Waals surface area (Å²) in [6, 6.07) is 4.27. The van der Waals surface area contributed by atoms with E-state index < -0.39 is 43.3 Å².